The number of hydrogen-bond acceptors (Lipinski definition) is 5. The van der Waals surface area contributed by atoms with Gasteiger partial charge in [-0.25, -0.2) is 4.79 Å². The molecule has 2 heterocycles. The zero-order valence-electron chi connectivity index (χ0n) is 20.5. The Labute approximate surface area is 221 Å². The highest BCUT2D eigenvalue weighted by molar-refractivity contribution is 5.47. The molecule has 0 bridgehead atoms. The molecule has 3 aromatic carbocycles. The van der Waals surface area contributed by atoms with Gasteiger partial charge in [-0.05, 0) is 16.7 Å². The normalized spacial score (nSPS) is 19.7. The first-order valence-electron chi connectivity index (χ1n) is 12.3. The molecular formula is C29H25F3N2O5. The van der Waals surface area contributed by atoms with E-state index in [1.54, 1.807) is 4.98 Å². The van der Waals surface area contributed by atoms with Crippen LogP contribution in [0.15, 0.2) is 107 Å². The number of nitrogens with one attached hydrogen (secondary N) is 1. The molecule has 1 saturated heterocycles. The van der Waals surface area contributed by atoms with Crippen LogP contribution in [0.4, 0.5) is 13.2 Å². The van der Waals surface area contributed by atoms with Gasteiger partial charge in [0.2, 0.25) is 0 Å². The summed E-state index contributed by atoms with van der Waals surface area (Å²) >= 11 is 0. The van der Waals surface area contributed by atoms with Crippen molar-refractivity contribution in [3.63, 3.8) is 0 Å². The Morgan fingerprint density at radius 3 is 1.82 bits per heavy atom. The second kappa shape index (κ2) is 10.6. The van der Waals surface area contributed by atoms with Crippen molar-refractivity contribution in [2.24, 2.45) is 0 Å². The third-order valence-corrected chi connectivity index (χ3v) is 6.79. The molecule has 1 aliphatic rings. The van der Waals surface area contributed by atoms with Crippen molar-refractivity contribution in [3.8, 4) is 0 Å². The quantitative estimate of drug-likeness (QED) is 0.344. The fourth-order valence-corrected chi connectivity index (χ4v) is 4.91. The van der Waals surface area contributed by atoms with Crippen molar-refractivity contribution in [3.05, 3.63) is 140 Å². The highest BCUT2D eigenvalue weighted by Crippen LogP contribution is 2.41. The molecule has 0 amide bonds. The smallest absolute Gasteiger partial charge is 0.390 e. The SMILES string of the molecule is O=c1[nH]c(=O)n([C@@H]2CC(O)[C@H](COC(c3ccccc3)(c3ccccc3)c3ccccc3)O2)cc1C(F)(F)F. The van der Waals surface area contributed by atoms with Crippen molar-refractivity contribution in [2.75, 3.05) is 6.61 Å². The van der Waals surface area contributed by atoms with E-state index in [4.69, 9.17) is 9.47 Å². The minimum Gasteiger partial charge on any atom is -0.390 e. The molecule has 4 aromatic rings. The van der Waals surface area contributed by atoms with E-state index >= 15 is 0 Å². The minimum absolute atomic E-state index is 0.152. The Morgan fingerprint density at radius 1 is 0.872 bits per heavy atom. The molecule has 1 aromatic heterocycles. The zero-order chi connectivity index (χ0) is 27.6. The van der Waals surface area contributed by atoms with Gasteiger partial charge in [0, 0.05) is 12.6 Å². The first-order valence-corrected chi connectivity index (χ1v) is 12.3. The molecule has 0 spiro atoms. The summed E-state index contributed by atoms with van der Waals surface area (Å²) in [5.41, 5.74) is -2.80. The van der Waals surface area contributed by atoms with Crippen LogP contribution in [0.3, 0.4) is 0 Å². The number of aromatic nitrogens is 2. The fourth-order valence-electron chi connectivity index (χ4n) is 4.91. The Bertz CT molecular complexity index is 1430. The average Bonchev–Trinajstić information content (AvgIpc) is 3.30. The minimum atomic E-state index is -4.97. The van der Waals surface area contributed by atoms with Crippen LogP contribution < -0.4 is 11.2 Å². The van der Waals surface area contributed by atoms with E-state index in [1.807, 2.05) is 91.0 Å². The maximum absolute atomic E-state index is 13.3. The van der Waals surface area contributed by atoms with Gasteiger partial charge < -0.3 is 14.6 Å². The molecule has 7 nitrogen and oxygen atoms in total. The third-order valence-electron chi connectivity index (χ3n) is 6.79. The number of aliphatic hydroxyl groups excluding tert-OH is 1. The number of nitrogens with zero attached hydrogens (tertiary/aromatic N) is 1. The van der Waals surface area contributed by atoms with Gasteiger partial charge in [0.1, 0.15) is 23.5 Å². The van der Waals surface area contributed by atoms with E-state index in [-0.39, 0.29) is 13.0 Å². The Hall–Kier alpha value is -3.99. The molecule has 1 fully saturated rings. The van der Waals surface area contributed by atoms with Crippen LogP contribution >= 0.6 is 0 Å². The number of ether oxygens (including phenoxy) is 2. The molecule has 5 rings (SSSR count). The van der Waals surface area contributed by atoms with Gasteiger partial charge in [0.15, 0.2) is 0 Å². The molecule has 0 radical (unpaired) electrons. The lowest BCUT2D eigenvalue weighted by atomic mass is 9.80. The second-order valence-electron chi connectivity index (χ2n) is 9.23. The van der Waals surface area contributed by atoms with Gasteiger partial charge in [-0.1, -0.05) is 91.0 Å². The Balaban J connectivity index is 1.49. The molecule has 3 atom stereocenters. The number of hydrogen-bond donors (Lipinski definition) is 2. The van der Waals surface area contributed by atoms with Crippen molar-refractivity contribution in [1.29, 1.82) is 0 Å². The highest BCUT2D eigenvalue weighted by atomic mass is 19.4. The standard InChI is InChI=1S/C29H25F3N2O5/c30-29(31,32)22-17-34(27(37)33-26(22)36)25-16-23(35)24(39-25)18-38-28(19-10-4-1-5-11-19,20-12-6-2-7-13-20)21-14-8-3-9-15-21/h1-15,17,23-25,35H,16,18H2,(H,33,36,37)/t23?,24-,25-/m0/s1. The summed E-state index contributed by atoms with van der Waals surface area (Å²) in [5.74, 6) is 0. The molecule has 1 aliphatic heterocycles. The topological polar surface area (TPSA) is 93.6 Å². The summed E-state index contributed by atoms with van der Waals surface area (Å²) in [6.07, 6.45) is -8.08. The number of H-pyrrole nitrogens is 1. The van der Waals surface area contributed by atoms with Crippen molar-refractivity contribution in [1.82, 2.24) is 9.55 Å². The lowest BCUT2D eigenvalue weighted by Gasteiger charge is -2.37. The first-order chi connectivity index (χ1) is 18.7. The summed E-state index contributed by atoms with van der Waals surface area (Å²) in [7, 11) is 0. The monoisotopic (exact) mass is 538 g/mol. The van der Waals surface area contributed by atoms with Gasteiger partial charge in [0.25, 0.3) is 5.56 Å². The average molecular weight is 539 g/mol. The van der Waals surface area contributed by atoms with Crippen LogP contribution in [0.2, 0.25) is 0 Å². The van der Waals surface area contributed by atoms with E-state index < -0.39 is 47.0 Å². The van der Waals surface area contributed by atoms with Crippen LogP contribution in [0.25, 0.3) is 0 Å². The fraction of sp³-hybridized carbons (Fsp3) is 0.241. The maximum atomic E-state index is 13.3. The van der Waals surface area contributed by atoms with Gasteiger partial charge in [-0.15, -0.1) is 0 Å². The van der Waals surface area contributed by atoms with Crippen LogP contribution in [0.5, 0.6) is 0 Å². The van der Waals surface area contributed by atoms with E-state index in [9.17, 15) is 27.9 Å². The number of halogens is 3. The van der Waals surface area contributed by atoms with Gasteiger partial charge >= 0.3 is 11.9 Å². The van der Waals surface area contributed by atoms with Gasteiger partial charge in [-0.3, -0.25) is 14.3 Å². The Kier molecular flexibility index (Phi) is 7.26. The van der Waals surface area contributed by atoms with Crippen LogP contribution in [0, 0.1) is 0 Å². The van der Waals surface area contributed by atoms with Crippen molar-refractivity contribution in [2.45, 2.75) is 36.6 Å². The van der Waals surface area contributed by atoms with Gasteiger partial charge in [-0.2, -0.15) is 13.2 Å². The summed E-state index contributed by atoms with van der Waals surface area (Å²) in [4.78, 5) is 25.7. The predicted octanol–water partition coefficient (Wildman–Crippen LogP) is 4.21. The maximum Gasteiger partial charge on any atom is 0.423 e. The first kappa shape index (κ1) is 26.6. The van der Waals surface area contributed by atoms with Crippen LogP contribution in [-0.4, -0.2) is 33.5 Å². The number of aromatic amines is 1. The lowest BCUT2D eigenvalue weighted by Crippen LogP contribution is -2.38. The van der Waals surface area contributed by atoms with Crippen LogP contribution in [0.1, 0.15) is 34.9 Å². The number of alkyl halides is 3. The van der Waals surface area contributed by atoms with Crippen molar-refractivity contribution >= 4 is 0 Å². The molecule has 2 N–H and O–H groups in total. The summed E-state index contributed by atoms with van der Waals surface area (Å²) < 4.78 is 53.0. The van der Waals surface area contributed by atoms with Crippen molar-refractivity contribution < 1.29 is 27.8 Å². The summed E-state index contributed by atoms with van der Waals surface area (Å²) in [5, 5.41) is 10.8. The largest absolute Gasteiger partial charge is 0.423 e. The van der Waals surface area contributed by atoms with Crippen LogP contribution in [-0.2, 0) is 21.3 Å². The second-order valence-corrected chi connectivity index (χ2v) is 9.23. The molecule has 39 heavy (non-hydrogen) atoms. The molecule has 0 saturated carbocycles. The highest BCUT2D eigenvalue weighted by Gasteiger charge is 2.42. The number of rotatable bonds is 7. The zero-order valence-corrected chi connectivity index (χ0v) is 20.5. The molecule has 10 heteroatoms. The summed E-state index contributed by atoms with van der Waals surface area (Å²) in [6, 6.07) is 28.5. The summed E-state index contributed by atoms with van der Waals surface area (Å²) in [6.45, 7) is -0.152. The van der Waals surface area contributed by atoms with E-state index in [0.717, 1.165) is 16.7 Å². The van der Waals surface area contributed by atoms with Gasteiger partial charge in [0.05, 0.1) is 12.7 Å². The predicted molar refractivity (Wildman–Crippen MR) is 136 cm³/mol. The molecule has 202 valence electrons. The molecule has 1 unspecified atom stereocenters. The third kappa shape index (κ3) is 5.18. The van der Waals surface area contributed by atoms with E-state index in [1.165, 1.54) is 0 Å². The van der Waals surface area contributed by atoms with E-state index in [0.29, 0.717) is 10.8 Å². The number of benzene rings is 3. The molecular weight excluding hydrogens is 513 g/mol. The van der Waals surface area contributed by atoms with E-state index in [2.05, 4.69) is 0 Å². The number of aliphatic hydroxyl groups is 1. The Morgan fingerprint density at radius 2 is 1.36 bits per heavy atom. The lowest BCUT2D eigenvalue weighted by molar-refractivity contribution is -0.139. The molecule has 0 aliphatic carbocycles.